The number of carbonyl (C=O) groups is 1. The second kappa shape index (κ2) is 7.35. The van der Waals surface area contributed by atoms with E-state index < -0.39 is 20.9 Å². The number of halogens is 1. The summed E-state index contributed by atoms with van der Waals surface area (Å²) in [7, 11) is -2.88. The number of carbonyl (C=O) groups excluding carboxylic acids is 1. The van der Waals surface area contributed by atoms with E-state index in [9.17, 15) is 23.3 Å². The van der Waals surface area contributed by atoms with Crippen molar-refractivity contribution in [3.63, 3.8) is 0 Å². The molecule has 0 amide bonds. The quantitative estimate of drug-likeness (QED) is 0.307. The topological polar surface area (TPSA) is 116 Å². The summed E-state index contributed by atoms with van der Waals surface area (Å²) in [6.07, 6.45) is 0. The molecule has 10 heteroatoms. The highest BCUT2D eigenvalue weighted by atomic mass is 127. The van der Waals surface area contributed by atoms with E-state index in [0.29, 0.717) is 0 Å². The van der Waals surface area contributed by atoms with Crippen LogP contribution >= 0.6 is 22.6 Å². The van der Waals surface area contributed by atoms with Crippen molar-refractivity contribution < 1.29 is 22.9 Å². The second-order valence-corrected chi connectivity index (χ2v) is 7.86. The molecule has 0 aliphatic heterocycles. The van der Waals surface area contributed by atoms with Gasteiger partial charge in [-0.15, -0.1) is 0 Å². The van der Waals surface area contributed by atoms with E-state index in [0.717, 1.165) is 18.7 Å². The molecule has 0 spiro atoms. The first kappa shape index (κ1) is 19.1. The summed E-state index contributed by atoms with van der Waals surface area (Å²) in [5.74, 6) is -0.886. The van der Waals surface area contributed by atoms with Crippen LogP contribution in [0.25, 0.3) is 0 Å². The van der Waals surface area contributed by atoms with Crippen molar-refractivity contribution in [3.05, 3.63) is 61.2 Å². The highest BCUT2D eigenvalue weighted by Crippen LogP contribution is 2.31. The zero-order chi connectivity index (χ0) is 18.8. The largest absolute Gasteiger partial charge is 0.465 e. The van der Waals surface area contributed by atoms with Crippen LogP contribution in [0.4, 0.5) is 11.4 Å². The molecular formula is C15H13IN2O6S. The molecule has 0 bridgehead atoms. The molecule has 0 atom stereocenters. The fraction of sp³-hybridized carbons (Fsp3) is 0.133. The van der Waals surface area contributed by atoms with Crippen molar-refractivity contribution in [2.24, 2.45) is 0 Å². The summed E-state index contributed by atoms with van der Waals surface area (Å²) < 4.78 is 32.2. The number of anilines is 1. The van der Waals surface area contributed by atoms with Gasteiger partial charge in [-0.25, -0.2) is 13.2 Å². The Morgan fingerprint density at radius 1 is 1.24 bits per heavy atom. The van der Waals surface area contributed by atoms with E-state index in [4.69, 9.17) is 0 Å². The molecule has 0 aromatic heterocycles. The molecule has 0 fully saturated rings. The number of aryl methyl sites for hydroxylation is 1. The van der Waals surface area contributed by atoms with Crippen LogP contribution in [-0.2, 0) is 14.8 Å². The maximum Gasteiger partial charge on any atom is 0.340 e. The lowest BCUT2D eigenvalue weighted by molar-refractivity contribution is -0.385. The van der Waals surface area contributed by atoms with Gasteiger partial charge < -0.3 is 4.74 Å². The van der Waals surface area contributed by atoms with E-state index in [-0.39, 0.29) is 25.4 Å². The summed E-state index contributed by atoms with van der Waals surface area (Å²) in [6.45, 7) is 1.82. The van der Waals surface area contributed by atoms with Gasteiger partial charge in [0.1, 0.15) is 0 Å². The molecule has 2 aromatic rings. The molecule has 0 radical (unpaired) electrons. The number of esters is 1. The van der Waals surface area contributed by atoms with Crippen molar-refractivity contribution in [2.75, 3.05) is 11.8 Å². The maximum absolute atomic E-state index is 12.5. The van der Waals surface area contributed by atoms with Crippen LogP contribution in [0.1, 0.15) is 15.9 Å². The van der Waals surface area contributed by atoms with Gasteiger partial charge in [-0.3, -0.25) is 14.8 Å². The third kappa shape index (κ3) is 4.25. The van der Waals surface area contributed by atoms with E-state index in [1.807, 2.05) is 6.92 Å². The predicted octanol–water partition coefficient (Wildman–Crippen LogP) is 3.10. The number of ether oxygens (including phenoxy) is 1. The van der Waals surface area contributed by atoms with E-state index in [2.05, 4.69) is 9.46 Å². The molecule has 0 aliphatic rings. The molecule has 2 rings (SSSR count). The number of non-ortho nitro benzene ring substituents is 1. The molecule has 1 N–H and O–H groups in total. The van der Waals surface area contributed by atoms with Crippen LogP contribution in [-0.4, -0.2) is 26.4 Å². The Balaban J connectivity index is 2.56. The van der Waals surface area contributed by atoms with Gasteiger partial charge in [0.25, 0.3) is 15.7 Å². The second-order valence-electron chi connectivity index (χ2n) is 5.02. The van der Waals surface area contributed by atoms with Crippen molar-refractivity contribution in [3.8, 4) is 0 Å². The Kier molecular flexibility index (Phi) is 5.62. The van der Waals surface area contributed by atoms with Crippen molar-refractivity contribution >= 4 is 50.0 Å². The fourth-order valence-corrected chi connectivity index (χ4v) is 4.01. The van der Waals surface area contributed by atoms with E-state index >= 15 is 0 Å². The molecule has 0 heterocycles. The van der Waals surface area contributed by atoms with Gasteiger partial charge in [0.2, 0.25) is 0 Å². The average molecular weight is 476 g/mol. The zero-order valence-electron chi connectivity index (χ0n) is 13.1. The van der Waals surface area contributed by atoms with Crippen LogP contribution < -0.4 is 4.72 Å². The number of nitro benzene ring substituents is 1. The van der Waals surface area contributed by atoms with Crippen LogP contribution in [0.3, 0.4) is 0 Å². The molecule has 25 heavy (non-hydrogen) atoms. The minimum absolute atomic E-state index is 0.00284. The van der Waals surface area contributed by atoms with Gasteiger partial charge in [-0.2, -0.15) is 0 Å². The number of nitrogens with one attached hydrogen (secondary N) is 1. The lowest BCUT2D eigenvalue weighted by atomic mass is 10.1. The Morgan fingerprint density at radius 3 is 2.36 bits per heavy atom. The smallest absolute Gasteiger partial charge is 0.340 e. The van der Waals surface area contributed by atoms with Crippen LogP contribution in [0, 0.1) is 20.6 Å². The molecule has 0 saturated heterocycles. The average Bonchev–Trinajstić information content (AvgIpc) is 2.55. The third-order valence-electron chi connectivity index (χ3n) is 3.26. The van der Waals surface area contributed by atoms with Gasteiger partial charge >= 0.3 is 5.97 Å². The Labute approximate surface area is 157 Å². The zero-order valence-corrected chi connectivity index (χ0v) is 16.1. The highest BCUT2D eigenvalue weighted by Gasteiger charge is 2.25. The minimum Gasteiger partial charge on any atom is -0.465 e. The van der Waals surface area contributed by atoms with Crippen LogP contribution in [0.5, 0.6) is 0 Å². The lowest BCUT2D eigenvalue weighted by Gasteiger charge is -2.13. The summed E-state index contributed by atoms with van der Waals surface area (Å²) in [4.78, 5) is 22.3. The van der Waals surface area contributed by atoms with Crippen LogP contribution in [0.15, 0.2) is 41.3 Å². The van der Waals surface area contributed by atoms with Gasteiger partial charge in [0.15, 0.2) is 0 Å². The van der Waals surface area contributed by atoms with Crippen molar-refractivity contribution in [1.82, 2.24) is 0 Å². The Bertz CT molecular complexity index is 941. The number of hydrogen-bond acceptors (Lipinski definition) is 6. The van der Waals surface area contributed by atoms with Gasteiger partial charge in [0.05, 0.1) is 28.2 Å². The Hall–Kier alpha value is -2.21. The van der Waals surface area contributed by atoms with Gasteiger partial charge in [0, 0.05) is 15.7 Å². The third-order valence-corrected chi connectivity index (χ3v) is 5.48. The summed E-state index contributed by atoms with van der Waals surface area (Å²) in [5, 5.41) is 11.0. The van der Waals surface area contributed by atoms with E-state index in [1.54, 1.807) is 34.7 Å². The number of sulfonamides is 1. The lowest BCUT2D eigenvalue weighted by Crippen LogP contribution is -2.17. The Morgan fingerprint density at radius 2 is 1.84 bits per heavy atom. The summed E-state index contributed by atoms with van der Waals surface area (Å²) in [6, 6.07) is 8.26. The summed E-state index contributed by atoms with van der Waals surface area (Å²) >= 11 is 1.72. The predicted molar refractivity (Wildman–Crippen MR) is 99.1 cm³/mol. The molecular weight excluding hydrogens is 463 g/mol. The molecule has 8 nitrogen and oxygen atoms in total. The van der Waals surface area contributed by atoms with Gasteiger partial charge in [-0.1, -0.05) is 17.7 Å². The standard InChI is InChI=1S/C15H13IN2O6S/c1-9-3-5-11(6-4-9)25(22,23)17-14-12(15(19)24-2)7-10(18(20)21)8-13(14)16/h3-8,17H,1-2H3. The first-order chi connectivity index (χ1) is 11.7. The van der Waals surface area contributed by atoms with Crippen molar-refractivity contribution in [1.29, 1.82) is 0 Å². The number of methoxy groups -OCH3 is 1. The van der Waals surface area contributed by atoms with Crippen LogP contribution in [0.2, 0.25) is 0 Å². The number of nitrogens with zero attached hydrogens (tertiary/aromatic N) is 1. The number of hydrogen-bond donors (Lipinski definition) is 1. The number of rotatable bonds is 5. The minimum atomic E-state index is -3.98. The molecule has 2 aromatic carbocycles. The number of nitro groups is 1. The SMILES string of the molecule is COC(=O)c1cc([N+](=O)[O-])cc(I)c1NS(=O)(=O)c1ccc(C)cc1. The number of benzene rings is 2. The normalized spacial score (nSPS) is 11.0. The first-order valence-corrected chi connectivity index (χ1v) is 9.37. The van der Waals surface area contributed by atoms with E-state index in [1.165, 1.54) is 18.2 Å². The highest BCUT2D eigenvalue weighted by molar-refractivity contribution is 14.1. The molecule has 0 aliphatic carbocycles. The molecule has 0 unspecified atom stereocenters. The summed E-state index contributed by atoms with van der Waals surface area (Å²) in [5.41, 5.74) is 0.234. The fourth-order valence-electron chi connectivity index (χ4n) is 1.98. The molecule has 0 saturated carbocycles. The first-order valence-electron chi connectivity index (χ1n) is 6.81. The monoisotopic (exact) mass is 476 g/mol. The van der Waals surface area contributed by atoms with Crippen molar-refractivity contribution in [2.45, 2.75) is 11.8 Å². The van der Waals surface area contributed by atoms with Gasteiger partial charge in [-0.05, 0) is 41.6 Å². The molecule has 132 valence electrons. The maximum atomic E-state index is 12.5.